The predicted octanol–water partition coefficient (Wildman–Crippen LogP) is 2.38. The Morgan fingerprint density at radius 1 is 1.36 bits per heavy atom. The molecule has 1 aromatic carbocycles. The van der Waals surface area contributed by atoms with Gasteiger partial charge < -0.3 is 15.4 Å². The summed E-state index contributed by atoms with van der Waals surface area (Å²) in [6.45, 7) is 0.345. The quantitative estimate of drug-likeness (QED) is 0.692. The monoisotopic (exact) mass is 299 g/mol. The van der Waals surface area contributed by atoms with E-state index < -0.39 is 11.7 Å². The average molecular weight is 299 g/mol. The van der Waals surface area contributed by atoms with Crippen molar-refractivity contribution in [3.63, 3.8) is 0 Å². The standard InChI is InChI=1S/C16H14FN3O2/c17-13-2-1-6-18-15(13)16(22)19-7-5-10-9-20-14-4-3-11(21)8-12(10)14/h1-4,6,8-9,20-21H,5,7H2,(H,19,22). The van der Waals surface area contributed by atoms with Crippen molar-refractivity contribution in [1.29, 1.82) is 0 Å². The summed E-state index contributed by atoms with van der Waals surface area (Å²) in [6.07, 6.45) is 3.77. The molecular formula is C16H14FN3O2. The number of phenolic OH excluding ortho intramolecular Hbond substituents is 1. The Balaban J connectivity index is 1.66. The zero-order valence-electron chi connectivity index (χ0n) is 11.6. The van der Waals surface area contributed by atoms with E-state index in [1.165, 1.54) is 18.3 Å². The molecule has 0 fully saturated rings. The number of amides is 1. The molecule has 6 heteroatoms. The molecule has 0 aliphatic carbocycles. The topological polar surface area (TPSA) is 78.0 Å². The number of fused-ring (bicyclic) bond motifs is 1. The first kappa shape index (κ1) is 14.1. The third-order valence-corrected chi connectivity index (χ3v) is 3.40. The van der Waals surface area contributed by atoms with Gasteiger partial charge in [-0.05, 0) is 42.3 Å². The summed E-state index contributed by atoms with van der Waals surface area (Å²) < 4.78 is 13.4. The first-order valence-electron chi connectivity index (χ1n) is 6.83. The zero-order chi connectivity index (χ0) is 15.5. The van der Waals surface area contributed by atoms with Crippen LogP contribution in [0.3, 0.4) is 0 Å². The fourth-order valence-electron chi connectivity index (χ4n) is 2.32. The molecule has 112 valence electrons. The Kier molecular flexibility index (Phi) is 3.74. The van der Waals surface area contributed by atoms with E-state index in [1.807, 2.05) is 6.20 Å². The van der Waals surface area contributed by atoms with Crippen molar-refractivity contribution in [3.05, 3.63) is 59.8 Å². The fourth-order valence-corrected chi connectivity index (χ4v) is 2.32. The van der Waals surface area contributed by atoms with Gasteiger partial charge in [0, 0.05) is 29.8 Å². The number of pyridine rings is 1. The van der Waals surface area contributed by atoms with Crippen LogP contribution in [0.4, 0.5) is 4.39 Å². The summed E-state index contributed by atoms with van der Waals surface area (Å²) in [5.41, 5.74) is 1.67. The molecule has 0 spiro atoms. The van der Waals surface area contributed by atoms with E-state index in [9.17, 15) is 14.3 Å². The number of hydrogen-bond acceptors (Lipinski definition) is 3. The number of carbonyl (C=O) groups excluding carboxylic acids is 1. The highest BCUT2D eigenvalue weighted by atomic mass is 19.1. The maximum atomic E-state index is 13.4. The van der Waals surface area contributed by atoms with Crippen molar-refractivity contribution in [2.45, 2.75) is 6.42 Å². The van der Waals surface area contributed by atoms with Crippen molar-refractivity contribution < 1.29 is 14.3 Å². The van der Waals surface area contributed by atoms with Crippen LogP contribution in [0.5, 0.6) is 5.75 Å². The van der Waals surface area contributed by atoms with E-state index in [-0.39, 0.29) is 11.4 Å². The van der Waals surface area contributed by atoms with Gasteiger partial charge >= 0.3 is 0 Å². The molecular weight excluding hydrogens is 285 g/mol. The van der Waals surface area contributed by atoms with E-state index in [0.29, 0.717) is 13.0 Å². The number of aromatic amines is 1. The van der Waals surface area contributed by atoms with E-state index in [1.54, 1.807) is 18.2 Å². The third kappa shape index (κ3) is 2.76. The number of phenols is 1. The van der Waals surface area contributed by atoms with Crippen LogP contribution in [0.2, 0.25) is 0 Å². The molecule has 22 heavy (non-hydrogen) atoms. The van der Waals surface area contributed by atoms with Crippen molar-refractivity contribution >= 4 is 16.8 Å². The highest BCUT2D eigenvalue weighted by Crippen LogP contribution is 2.23. The van der Waals surface area contributed by atoms with Gasteiger partial charge in [0.05, 0.1) is 0 Å². The number of halogens is 1. The van der Waals surface area contributed by atoms with Gasteiger partial charge in [-0.15, -0.1) is 0 Å². The molecule has 0 aliphatic heterocycles. The highest BCUT2D eigenvalue weighted by molar-refractivity contribution is 5.92. The van der Waals surface area contributed by atoms with Crippen molar-refractivity contribution in [2.24, 2.45) is 0 Å². The van der Waals surface area contributed by atoms with Crippen LogP contribution in [0.15, 0.2) is 42.7 Å². The molecule has 0 aliphatic rings. The zero-order valence-corrected chi connectivity index (χ0v) is 11.6. The van der Waals surface area contributed by atoms with Gasteiger partial charge in [0.2, 0.25) is 0 Å². The van der Waals surface area contributed by atoms with Gasteiger partial charge in [-0.2, -0.15) is 0 Å². The minimum atomic E-state index is -0.642. The number of nitrogens with one attached hydrogen (secondary N) is 2. The number of H-pyrrole nitrogens is 1. The Labute approximate surface area is 125 Å². The number of aromatic hydroxyl groups is 1. The maximum absolute atomic E-state index is 13.4. The Bertz CT molecular complexity index is 829. The molecule has 0 bridgehead atoms. The summed E-state index contributed by atoms with van der Waals surface area (Å²) in [7, 11) is 0. The highest BCUT2D eigenvalue weighted by Gasteiger charge is 2.12. The second kappa shape index (κ2) is 5.85. The van der Waals surface area contributed by atoms with Gasteiger partial charge in [0.1, 0.15) is 5.75 Å². The molecule has 0 atom stereocenters. The van der Waals surface area contributed by atoms with Gasteiger partial charge in [-0.3, -0.25) is 4.79 Å². The average Bonchev–Trinajstić information content (AvgIpc) is 2.90. The number of carbonyl (C=O) groups is 1. The van der Waals surface area contributed by atoms with Crippen LogP contribution in [0.25, 0.3) is 10.9 Å². The lowest BCUT2D eigenvalue weighted by molar-refractivity contribution is 0.0944. The van der Waals surface area contributed by atoms with Gasteiger partial charge in [-0.25, -0.2) is 9.37 Å². The van der Waals surface area contributed by atoms with Crippen LogP contribution >= 0.6 is 0 Å². The van der Waals surface area contributed by atoms with E-state index in [0.717, 1.165) is 16.5 Å². The first-order valence-corrected chi connectivity index (χ1v) is 6.83. The van der Waals surface area contributed by atoms with Gasteiger partial charge in [0.25, 0.3) is 5.91 Å². The lowest BCUT2D eigenvalue weighted by Gasteiger charge is -2.05. The lowest BCUT2D eigenvalue weighted by Crippen LogP contribution is -2.27. The lowest BCUT2D eigenvalue weighted by atomic mass is 10.1. The molecule has 2 aromatic heterocycles. The van der Waals surface area contributed by atoms with Crippen LogP contribution in [-0.4, -0.2) is 27.5 Å². The molecule has 2 heterocycles. The number of benzene rings is 1. The second-order valence-electron chi connectivity index (χ2n) is 4.88. The summed E-state index contributed by atoms with van der Waals surface area (Å²) in [6, 6.07) is 7.69. The van der Waals surface area contributed by atoms with Crippen LogP contribution < -0.4 is 5.32 Å². The SMILES string of the molecule is O=C(NCCc1c[nH]c2ccc(O)cc12)c1ncccc1F. The normalized spacial score (nSPS) is 10.8. The number of rotatable bonds is 4. The molecule has 3 aromatic rings. The van der Waals surface area contributed by atoms with Crippen LogP contribution in [-0.2, 0) is 6.42 Å². The van der Waals surface area contributed by atoms with Gasteiger partial charge in [0.15, 0.2) is 11.5 Å². The summed E-state index contributed by atoms with van der Waals surface area (Å²) in [4.78, 5) is 18.7. The molecule has 0 radical (unpaired) electrons. The largest absolute Gasteiger partial charge is 0.508 e. The molecule has 0 unspecified atom stereocenters. The molecule has 3 rings (SSSR count). The summed E-state index contributed by atoms with van der Waals surface area (Å²) in [5.74, 6) is -0.995. The van der Waals surface area contributed by atoms with E-state index in [2.05, 4.69) is 15.3 Å². The van der Waals surface area contributed by atoms with Crippen molar-refractivity contribution in [1.82, 2.24) is 15.3 Å². The molecule has 3 N–H and O–H groups in total. The summed E-state index contributed by atoms with van der Waals surface area (Å²) in [5, 5.41) is 13.1. The molecule has 5 nitrogen and oxygen atoms in total. The van der Waals surface area contributed by atoms with Crippen LogP contribution in [0, 0.1) is 5.82 Å². The number of aromatic nitrogens is 2. The molecule has 0 saturated heterocycles. The number of nitrogens with zero attached hydrogens (tertiary/aromatic N) is 1. The molecule has 0 saturated carbocycles. The fraction of sp³-hybridized carbons (Fsp3) is 0.125. The number of hydrogen-bond donors (Lipinski definition) is 3. The van der Waals surface area contributed by atoms with E-state index in [4.69, 9.17) is 0 Å². The Hall–Kier alpha value is -2.89. The Morgan fingerprint density at radius 2 is 2.23 bits per heavy atom. The van der Waals surface area contributed by atoms with Crippen molar-refractivity contribution in [3.8, 4) is 5.75 Å². The van der Waals surface area contributed by atoms with Crippen LogP contribution in [0.1, 0.15) is 16.1 Å². The van der Waals surface area contributed by atoms with Crippen molar-refractivity contribution in [2.75, 3.05) is 6.54 Å². The Morgan fingerprint density at radius 3 is 3.05 bits per heavy atom. The third-order valence-electron chi connectivity index (χ3n) is 3.40. The van der Waals surface area contributed by atoms with E-state index >= 15 is 0 Å². The maximum Gasteiger partial charge on any atom is 0.272 e. The predicted molar refractivity (Wildman–Crippen MR) is 80.2 cm³/mol. The minimum Gasteiger partial charge on any atom is -0.508 e. The molecule has 1 amide bonds. The second-order valence-corrected chi connectivity index (χ2v) is 4.88. The first-order chi connectivity index (χ1) is 10.6. The smallest absolute Gasteiger partial charge is 0.272 e. The minimum absolute atomic E-state index is 0.188. The summed E-state index contributed by atoms with van der Waals surface area (Å²) >= 11 is 0. The van der Waals surface area contributed by atoms with Gasteiger partial charge in [-0.1, -0.05) is 0 Å².